The lowest BCUT2D eigenvalue weighted by Crippen LogP contribution is -2.31. The second kappa shape index (κ2) is 7.09. The van der Waals surface area contributed by atoms with Gasteiger partial charge in [0.1, 0.15) is 12.4 Å². The summed E-state index contributed by atoms with van der Waals surface area (Å²) in [6, 6.07) is 12.4. The van der Waals surface area contributed by atoms with Gasteiger partial charge in [0.05, 0.1) is 0 Å². The number of halogens is 1. The zero-order chi connectivity index (χ0) is 15.2. The molecule has 2 rings (SSSR count). The van der Waals surface area contributed by atoms with Crippen LogP contribution in [0.15, 0.2) is 42.5 Å². The summed E-state index contributed by atoms with van der Waals surface area (Å²) in [7, 11) is 0. The molecule has 0 aliphatic rings. The van der Waals surface area contributed by atoms with Crippen molar-refractivity contribution in [3.05, 3.63) is 59.4 Å². The maximum Gasteiger partial charge on any atom is 0.165 e. The highest BCUT2D eigenvalue weighted by molar-refractivity contribution is 5.28. The molecule has 0 heterocycles. The molecular formula is C17H20FNO2. The van der Waals surface area contributed by atoms with Crippen molar-refractivity contribution in [3.63, 3.8) is 0 Å². The maximum atomic E-state index is 13.2. The summed E-state index contributed by atoms with van der Waals surface area (Å²) in [4.78, 5) is 0. The molecule has 2 aromatic rings. The van der Waals surface area contributed by atoms with Gasteiger partial charge in [-0.05, 0) is 43.7 Å². The molecule has 0 amide bonds. The van der Waals surface area contributed by atoms with Crippen molar-refractivity contribution in [1.82, 2.24) is 5.32 Å². The number of nitrogens with one attached hydrogen (secondary N) is 1. The Morgan fingerprint density at radius 3 is 2.57 bits per heavy atom. The largest absolute Gasteiger partial charge is 0.505 e. The Labute approximate surface area is 124 Å². The Balaban J connectivity index is 1.77. The van der Waals surface area contributed by atoms with Crippen LogP contribution in [0.5, 0.6) is 11.5 Å². The van der Waals surface area contributed by atoms with E-state index in [4.69, 9.17) is 9.84 Å². The molecule has 0 fully saturated rings. The van der Waals surface area contributed by atoms with E-state index in [1.165, 1.54) is 17.7 Å². The van der Waals surface area contributed by atoms with Gasteiger partial charge in [0.25, 0.3) is 0 Å². The van der Waals surface area contributed by atoms with E-state index in [0.29, 0.717) is 13.2 Å². The first-order valence-corrected chi connectivity index (χ1v) is 6.95. The lowest BCUT2D eigenvalue weighted by molar-refractivity contribution is 0.272. The minimum absolute atomic E-state index is 0.128. The van der Waals surface area contributed by atoms with E-state index in [0.717, 1.165) is 11.3 Å². The van der Waals surface area contributed by atoms with Gasteiger partial charge in [-0.1, -0.05) is 23.8 Å². The summed E-state index contributed by atoms with van der Waals surface area (Å²) in [6.07, 6.45) is 0. The van der Waals surface area contributed by atoms with Crippen LogP contribution in [-0.2, 0) is 6.54 Å². The molecule has 0 radical (unpaired) electrons. The van der Waals surface area contributed by atoms with Crippen LogP contribution >= 0.6 is 0 Å². The third-order valence-corrected chi connectivity index (χ3v) is 3.19. The predicted octanol–water partition coefficient (Wildman–Crippen LogP) is 3.40. The number of benzene rings is 2. The van der Waals surface area contributed by atoms with Crippen molar-refractivity contribution >= 4 is 0 Å². The summed E-state index contributed by atoms with van der Waals surface area (Å²) in [5.74, 6) is -0.0858. The highest BCUT2D eigenvalue weighted by atomic mass is 19.1. The topological polar surface area (TPSA) is 41.5 Å². The molecule has 0 aliphatic carbocycles. The average Bonchev–Trinajstić information content (AvgIpc) is 2.48. The second-order valence-corrected chi connectivity index (χ2v) is 5.19. The molecule has 0 spiro atoms. The number of rotatable bonds is 6. The molecular weight excluding hydrogens is 269 g/mol. The van der Waals surface area contributed by atoms with Gasteiger partial charge >= 0.3 is 0 Å². The van der Waals surface area contributed by atoms with Gasteiger partial charge in [0, 0.05) is 12.6 Å². The zero-order valence-electron chi connectivity index (χ0n) is 12.3. The number of phenolic OH excluding ortho intramolecular Hbond substituents is 1. The lowest BCUT2D eigenvalue weighted by Gasteiger charge is -2.15. The van der Waals surface area contributed by atoms with E-state index in [1.54, 1.807) is 6.07 Å². The van der Waals surface area contributed by atoms with E-state index < -0.39 is 5.82 Å². The van der Waals surface area contributed by atoms with Crippen molar-refractivity contribution in [3.8, 4) is 11.5 Å². The molecule has 0 saturated carbocycles. The average molecular weight is 289 g/mol. The van der Waals surface area contributed by atoms with E-state index in [2.05, 4.69) is 5.32 Å². The van der Waals surface area contributed by atoms with E-state index in [1.807, 2.05) is 38.1 Å². The Bertz CT molecular complexity index is 584. The van der Waals surface area contributed by atoms with Gasteiger partial charge in [-0.3, -0.25) is 0 Å². The number of aryl methyl sites for hydroxylation is 1. The van der Waals surface area contributed by atoms with Gasteiger partial charge in [-0.25, -0.2) is 4.39 Å². The number of ether oxygens (including phenoxy) is 1. The normalized spacial score (nSPS) is 12.1. The molecule has 4 heteroatoms. The molecule has 1 unspecified atom stereocenters. The smallest absolute Gasteiger partial charge is 0.165 e. The molecule has 0 saturated heterocycles. The molecule has 21 heavy (non-hydrogen) atoms. The van der Waals surface area contributed by atoms with Gasteiger partial charge in [0.15, 0.2) is 11.6 Å². The minimum Gasteiger partial charge on any atom is -0.505 e. The molecule has 0 aromatic heterocycles. The fourth-order valence-corrected chi connectivity index (χ4v) is 1.87. The lowest BCUT2D eigenvalue weighted by atomic mass is 10.2. The highest BCUT2D eigenvalue weighted by Gasteiger charge is 2.05. The monoisotopic (exact) mass is 289 g/mol. The van der Waals surface area contributed by atoms with Crippen LogP contribution in [0.2, 0.25) is 0 Å². The maximum absolute atomic E-state index is 13.2. The van der Waals surface area contributed by atoms with E-state index in [-0.39, 0.29) is 11.8 Å². The first kappa shape index (κ1) is 15.3. The zero-order valence-corrected chi connectivity index (χ0v) is 12.3. The second-order valence-electron chi connectivity index (χ2n) is 5.19. The van der Waals surface area contributed by atoms with Crippen molar-refractivity contribution < 1.29 is 14.2 Å². The highest BCUT2D eigenvalue weighted by Crippen LogP contribution is 2.16. The number of hydrogen-bond donors (Lipinski definition) is 2. The van der Waals surface area contributed by atoms with Crippen molar-refractivity contribution in [2.24, 2.45) is 0 Å². The van der Waals surface area contributed by atoms with Gasteiger partial charge < -0.3 is 15.2 Å². The first-order valence-electron chi connectivity index (χ1n) is 6.95. The molecule has 112 valence electrons. The molecule has 0 aliphatic heterocycles. The predicted molar refractivity (Wildman–Crippen MR) is 81.0 cm³/mol. The summed E-state index contributed by atoms with van der Waals surface area (Å²) in [5, 5.41) is 12.4. The Kier molecular flexibility index (Phi) is 5.17. The minimum atomic E-state index is -0.599. The van der Waals surface area contributed by atoms with Crippen molar-refractivity contribution in [1.29, 1.82) is 0 Å². The van der Waals surface area contributed by atoms with Crippen LogP contribution in [0.1, 0.15) is 18.1 Å². The first-order chi connectivity index (χ1) is 10.0. The van der Waals surface area contributed by atoms with Crippen LogP contribution in [0.3, 0.4) is 0 Å². The number of aromatic hydroxyl groups is 1. The van der Waals surface area contributed by atoms with Gasteiger partial charge in [0.2, 0.25) is 0 Å². The molecule has 2 aromatic carbocycles. The fourth-order valence-electron chi connectivity index (χ4n) is 1.87. The SMILES string of the molecule is Cc1ccc(OCC(C)NCc2ccc(O)c(F)c2)cc1. The molecule has 0 bridgehead atoms. The Morgan fingerprint density at radius 1 is 1.19 bits per heavy atom. The summed E-state index contributed by atoms with van der Waals surface area (Å²) >= 11 is 0. The third kappa shape index (κ3) is 4.76. The standard InChI is InChI=1S/C17H20FNO2/c1-12-3-6-15(7-4-12)21-11-13(2)19-10-14-5-8-17(20)16(18)9-14/h3-9,13,19-20H,10-11H2,1-2H3. The van der Waals surface area contributed by atoms with Crippen molar-refractivity contribution in [2.45, 2.75) is 26.4 Å². The van der Waals surface area contributed by atoms with E-state index >= 15 is 0 Å². The van der Waals surface area contributed by atoms with Crippen LogP contribution in [-0.4, -0.2) is 17.8 Å². The number of hydrogen-bond acceptors (Lipinski definition) is 3. The quantitative estimate of drug-likeness (QED) is 0.856. The summed E-state index contributed by atoms with van der Waals surface area (Å²) in [6.45, 7) is 5.09. The van der Waals surface area contributed by atoms with Gasteiger partial charge in [-0.2, -0.15) is 0 Å². The molecule has 1 atom stereocenters. The Morgan fingerprint density at radius 2 is 1.90 bits per heavy atom. The fraction of sp³-hybridized carbons (Fsp3) is 0.294. The van der Waals surface area contributed by atoms with Crippen LogP contribution in [0.4, 0.5) is 4.39 Å². The van der Waals surface area contributed by atoms with Crippen LogP contribution in [0, 0.1) is 12.7 Å². The van der Waals surface area contributed by atoms with Crippen molar-refractivity contribution in [2.75, 3.05) is 6.61 Å². The molecule has 3 nitrogen and oxygen atoms in total. The summed E-state index contributed by atoms with van der Waals surface area (Å²) in [5.41, 5.74) is 1.98. The molecule has 2 N–H and O–H groups in total. The van der Waals surface area contributed by atoms with Gasteiger partial charge in [-0.15, -0.1) is 0 Å². The van der Waals surface area contributed by atoms with Crippen LogP contribution < -0.4 is 10.1 Å². The summed E-state index contributed by atoms with van der Waals surface area (Å²) < 4.78 is 18.9. The Hall–Kier alpha value is -2.07. The number of phenols is 1. The van der Waals surface area contributed by atoms with E-state index in [9.17, 15) is 4.39 Å². The van der Waals surface area contributed by atoms with Crippen LogP contribution in [0.25, 0.3) is 0 Å². The third-order valence-electron chi connectivity index (χ3n) is 3.19.